The normalized spacial score (nSPS) is 12.1. The van der Waals surface area contributed by atoms with Crippen LogP contribution in [0.5, 0.6) is 0 Å². The lowest BCUT2D eigenvalue weighted by atomic mass is 10.2. The number of halogens is 3. The van der Waals surface area contributed by atoms with Gasteiger partial charge in [-0.25, -0.2) is 0 Å². The predicted molar refractivity (Wildman–Crippen MR) is 70.1 cm³/mol. The fraction of sp³-hybridized carbons (Fsp3) is 0.250. The van der Waals surface area contributed by atoms with Gasteiger partial charge in [-0.2, -0.15) is 18.2 Å². The highest BCUT2D eigenvalue weighted by atomic mass is 32.1. The monoisotopic (exact) mass is 314 g/mol. The summed E-state index contributed by atoms with van der Waals surface area (Å²) in [6.45, 7) is 0.448. The molecule has 0 atom stereocenters. The summed E-state index contributed by atoms with van der Waals surface area (Å²) in [6.07, 6.45) is -2.69. The van der Waals surface area contributed by atoms with Gasteiger partial charge in [-0.05, 0) is 30.4 Å². The molecule has 21 heavy (non-hydrogen) atoms. The van der Waals surface area contributed by atoms with Crippen molar-refractivity contribution in [2.24, 2.45) is 0 Å². The van der Waals surface area contributed by atoms with E-state index < -0.39 is 11.7 Å². The van der Waals surface area contributed by atoms with E-state index in [-0.39, 0.29) is 0 Å². The summed E-state index contributed by atoms with van der Waals surface area (Å²) in [6, 6.07) is 3.49. The lowest BCUT2D eigenvalue weighted by Gasteiger charge is -2.07. The molecule has 1 aromatic carbocycles. The summed E-state index contributed by atoms with van der Waals surface area (Å²) in [4.78, 5) is 6.67. The summed E-state index contributed by atoms with van der Waals surface area (Å²) in [5.41, 5.74) is 0.246. The van der Waals surface area contributed by atoms with Crippen molar-refractivity contribution >= 4 is 23.3 Å². The molecule has 0 bridgehead atoms. The van der Waals surface area contributed by atoms with Crippen LogP contribution in [0.1, 0.15) is 11.4 Å². The third-order valence-electron chi connectivity index (χ3n) is 3.07. The zero-order valence-corrected chi connectivity index (χ0v) is 11.3. The molecule has 0 saturated carbocycles. The van der Waals surface area contributed by atoms with Crippen LogP contribution in [0, 0.1) is 4.77 Å². The molecule has 3 rings (SSSR count). The second-order valence-corrected chi connectivity index (χ2v) is 4.80. The van der Waals surface area contributed by atoms with Gasteiger partial charge in [-0.3, -0.25) is 0 Å². The number of nitrogens with one attached hydrogen (secondary N) is 1. The number of aryl methyl sites for hydroxylation is 2. The molecule has 0 aliphatic rings. The Kier molecular flexibility index (Phi) is 3.28. The van der Waals surface area contributed by atoms with Gasteiger partial charge in [0.2, 0.25) is 6.39 Å². The number of aromatic amines is 1. The molecule has 5 nitrogen and oxygen atoms in total. The van der Waals surface area contributed by atoms with Crippen molar-refractivity contribution < 1.29 is 17.7 Å². The second-order valence-electron chi connectivity index (χ2n) is 4.41. The van der Waals surface area contributed by atoms with Crippen LogP contribution in [0.25, 0.3) is 11.0 Å². The Morgan fingerprint density at radius 2 is 2.14 bits per heavy atom. The highest BCUT2D eigenvalue weighted by molar-refractivity contribution is 7.71. The third kappa shape index (κ3) is 2.68. The SMILES string of the molecule is FC(F)(F)c1ccc2c(c1)[nH]c(=S)n2CCc1ncon1. The first-order valence-electron chi connectivity index (χ1n) is 6.00. The number of rotatable bonds is 3. The van der Waals surface area contributed by atoms with Gasteiger partial charge in [-0.15, -0.1) is 0 Å². The first kappa shape index (κ1) is 13.8. The minimum Gasteiger partial charge on any atom is -0.343 e. The molecule has 110 valence electrons. The highest BCUT2D eigenvalue weighted by Crippen LogP contribution is 2.31. The minimum atomic E-state index is -4.38. The van der Waals surface area contributed by atoms with Crippen LogP contribution >= 0.6 is 12.2 Å². The van der Waals surface area contributed by atoms with Crippen molar-refractivity contribution in [2.45, 2.75) is 19.1 Å². The number of nitrogens with zero attached hydrogens (tertiary/aromatic N) is 3. The van der Waals surface area contributed by atoms with Gasteiger partial charge in [0.15, 0.2) is 10.6 Å². The first-order chi connectivity index (χ1) is 9.95. The highest BCUT2D eigenvalue weighted by Gasteiger charge is 2.30. The molecule has 2 aromatic heterocycles. The van der Waals surface area contributed by atoms with Gasteiger partial charge < -0.3 is 14.1 Å². The van der Waals surface area contributed by atoms with Crippen molar-refractivity contribution in [3.8, 4) is 0 Å². The molecular weight excluding hydrogens is 305 g/mol. The van der Waals surface area contributed by atoms with Crippen LogP contribution in [0.3, 0.4) is 0 Å². The predicted octanol–water partition coefficient (Wildman–Crippen LogP) is 3.34. The summed E-state index contributed by atoms with van der Waals surface area (Å²) in [7, 11) is 0. The topological polar surface area (TPSA) is 59.6 Å². The largest absolute Gasteiger partial charge is 0.416 e. The Balaban J connectivity index is 1.96. The van der Waals surface area contributed by atoms with Gasteiger partial charge >= 0.3 is 6.18 Å². The molecule has 3 aromatic rings. The number of alkyl halides is 3. The van der Waals surface area contributed by atoms with Crippen molar-refractivity contribution in [2.75, 3.05) is 0 Å². The van der Waals surface area contributed by atoms with Gasteiger partial charge in [-0.1, -0.05) is 5.16 Å². The lowest BCUT2D eigenvalue weighted by Crippen LogP contribution is -2.05. The molecule has 1 N–H and O–H groups in total. The number of fused-ring (bicyclic) bond motifs is 1. The third-order valence-corrected chi connectivity index (χ3v) is 3.39. The lowest BCUT2D eigenvalue weighted by molar-refractivity contribution is -0.137. The van der Waals surface area contributed by atoms with Crippen LogP contribution in [-0.4, -0.2) is 19.7 Å². The molecule has 0 fully saturated rings. The molecule has 0 saturated heterocycles. The zero-order chi connectivity index (χ0) is 15.0. The Bertz CT molecular complexity index is 819. The van der Waals surface area contributed by atoms with Gasteiger partial charge in [0.1, 0.15) is 0 Å². The molecule has 0 aliphatic heterocycles. The summed E-state index contributed by atoms with van der Waals surface area (Å²) >= 11 is 5.15. The molecule has 0 unspecified atom stereocenters. The Morgan fingerprint density at radius 1 is 1.33 bits per heavy atom. The van der Waals surface area contributed by atoms with E-state index in [1.165, 1.54) is 12.5 Å². The molecule has 0 spiro atoms. The number of hydrogen-bond acceptors (Lipinski definition) is 4. The van der Waals surface area contributed by atoms with Gasteiger partial charge in [0.05, 0.1) is 16.6 Å². The molecule has 0 aliphatic carbocycles. The van der Waals surface area contributed by atoms with E-state index in [0.29, 0.717) is 34.6 Å². The van der Waals surface area contributed by atoms with Crippen molar-refractivity contribution in [1.82, 2.24) is 19.7 Å². The number of H-pyrrole nitrogens is 1. The first-order valence-corrected chi connectivity index (χ1v) is 6.41. The van der Waals surface area contributed by atoms with Crippen molar-refractivity contribution in [3.05, 3.63) is 40.8 Å². The van der Waals surface area contributed by atoms with Crippen LogP contribution in [0.15, 0.2) is 29.1 Å². The van der Waals surface area contributed by atoms with E-state index in [1.807, 2.05) is 0 Å². The van der Waals surface area contributed by atoms with E-state index >= 15 is 0 Å². The van der Waals surface area contributed by atoms with E-state index in [4.69, 9.17) is 12.2 Å². The summed E-state index contributed by atoms with van der Waals surface area (Å²) in [5.74, 6) is 0.512. The van der Waals surface area contributed by atoms with Crippen LogP contribution in [0.2, 0.25) is 0 Å². The van der Waals surface area contributed by atoms with E-state index in [0.717, 1.165) is 12.1 Å². The molecule has 0 radical (unpaired) electrons. The van der Waals surface area contributed by atoms with Gasteiger partial charge in [0.25, 0.3) is 0 Å². The maximum absolute atomic E-state index is 12.7. The number of benzene rings is 1. The fourth-order valence-corrected chi connectivity index (χ4v) is 2.38. The smallest absolute Gasteiger partial charge is 0.343 e. The fourth-order valence-electron chi connectivity index (χ4n) is 2.08. The number of hydrogen-bond donors (Lipinski definition) is 1. The average molecular weight is 314 g/mol. The molecule has 0 amide bonds. The quantitative estimate of drug-likeness (QED) is 0.753. The second kappa shape index (κ2) is 4.99. The van der Waals surface area contributed by atoms with E-state index in [1.54, 1.807) is 4.57 Å². The van der Waals surface area contributed by atoms with Crippen molar-refractivity contribution in [3.63, 3.8) is 0 Å². The van der Waals surface area contributed by atoms with Crippen molar-refractivity contribution in [1.29, 1.82) is 0 Å². The zero-order valence-electron chi connectivity index (χ0n) is 10.5. The van der Waals surface area contributed by atoms with E-state index in [2.05, 4.69) is 19.6 Å². The molecule has 2 heterocycles. The number of aromatic nitrogens is 4. The Hall–Kier alpha value is -2.16. The molecule has 9 heteroatoms. The summed E-state index contributed by atoms with van der Waals surface area (Å²) in [5, 5.41) is 3.68. The molecular formula is C12H9F3N4OS. The minimum absolute atomic E-state index is 0.350. The number of imidazole rings is 1. The summed E-state index contributed by atoms with van der Waals surface area (Å²) < 4.78 is 44.7. The maximum atomic E-state index is 12.7. The average Bonchev–Trinajstić information content (AvgIpc) is 3.01. The van der Waals surface area contributed by atoms with Crippen LogP contribution < -0.4 is 0 Å². The van der Waals surface area contributed by atoms with Crippen LogP contribution in [0.4, 0.5) is 13.2 Å². The Labute approximate surface area is 121 Å². The van der Waals surface area contributed by atoms with Gasteiger partial charge in [0, 0.05) is 13.0 Å². The van der Waals surface area contributed by atoms with E-state index in [9.17, 15) is 13.2 Å². The standard InChI is InChI=1S/C12H9F3N4OS/c13-12(14,15)7-1-2-9-8(5-7)17-11(21)19(9)4-3-10-16-6-20-18-10/h1-2,5-6H,3-4H2,(H,17,21). The maximum Gasteiger partial charge on any atom is 0.416 e. The van der Waals surface area contributed by atoms with Crippen LogP contribution in [-0.2, 0) is 19.1 Å². The Morgan fingerprint density at radius 3 is 2.81 bits per heavy atom.